The van der Waals surface area contributed by atoms with Crippen LogP contribution in [0, 0.1) is 6.92 Å². The molecule has 0 spiro atoms. The molecule has 0 saturated heterocycles. The molecular formula is C22H27NO7. The Labute approximate surface area is 176 Å². The molecule has 0 aliphatic heterocycles. The van der Waals surface area contributed by atoms with Crippen molar-refractivity contribution in [3.8, 4) is 23.0 Å². The molecule has 0 aliphatic rings. The Morgan fingerprint density at radius 1 is 0.867 bits per heavy atom. The number of carbonyl (C=O) groups is 2. The number of benzene rings is 2. The molecule has 0 atom stereocenters. The number of amides is 1. The molecular weight excluding hydrogens is 390 g/mol. The first-order chi connectivity index (χ1) is 14.4. The van der Waals surface area contributed by atoms with Gasteiger partial charge >= 0.3 is 5.97 Å². The van der Waals surface area contributed by atoms with Gasteiger partial charge in [0.1, 0.15) is 5.75 Å². The van der Waals surface area contributed by atoms with Gasteiger partial charge in [0.2, 0.25) is 5.75 Å². The maximum absolute atomic E-state index is 12.1. The Bertz CT molecular complexity index is 870. The van der Waals surface area contributed by atoms with E-state index < -0.39 is 11.9 Å². The van der Waals surface area contributed by atoms with Crippen LogP contribution in [-0.4, -0.2) is 46.9 Å². The van der Waals surface area contributed by atoms with Crippen LogP contribution in [-0.2, 0) is 27.3 Å². The molecule has 162 valence electrons. The van der Waals surface area contributed by atoms with Crippen LogP contribution in [0.1, 0.15) is 16.7 Å². The number of carbonyl (C=O) groups excluding carboxylic acids is 2. The third-order valence-electron chi connectivity index (χ3n) is 4.35. The first kappa shape index (κ1) is 22.9. The number of ether oxygens (including phenoxy) is 5. The summed E-state index contributed by atoms with van der Waals surface area (Å²) in [5.74, 6) is 1.11. The fraction of sp³-hybridized carbons (Fsp3) is 0.364. The molecule has 0 unspecified atom stereocenters. The van der Waals surface area contributed by atoms with Gasteiger partial charge in [-0.15, -0.1) is 0 Å². The van der Waals surface area contributed by atoms with E-state index in [9.17, 15) is 9.59 Å². The lowest BCUT2D eigenvalue weighted by Gasteiger charge is -2.14. The van der Waals surface area contributed by atoms with E-state index in [-0.39, 0.29) is 19.6 Å². The van der Waals surface area contributed by atoms with Crippen LogP contribution in [0.5, 0.6) is 23.0 Å². The van der Waals surface area contributed by atoms with Gasteiger partial charge in [0, 0.05) is 12.1 Å². The smallest absolute Gasteiger partial charge is 0.310 e. The number of hydrogen-bond donors (Lipinski definition) is 1. The molecule has 1 amide bonds. The predicted octanol–water partition coefficient (Wildman–Crippen LogP) is 2.43. The second-order valence-electron chi connectivity index (χ2n) is 6.46. The summed E-state index contributed by atoms with van der Waals surface area (Å²) in [5, 5.41) is 2.70. The van der Waals surface area contributed by atoms with E-state index in [1.807, 2.05) is 19.1 Å². The molecule has 30 heavy (non-hydrogen) atoms. The van der Waals surface area contributed by atoms with Crippen LogP contribution in [0.25, 0.3) is 0 Å². The van der Waals surface area contributed by atoms with Gasteiger partial charge in [0.25, 0.3) is 5.91 Å². The normalized spacial score (nSPS) is 10.2. The molecule has 1 N–H and O–H groups in total. The Hall–Kier alpha value is -3.42. The minimum atomic E-state index is -0.512. The molecule has 0 saturated carbocycles. The largest absolute Gasteiger partial charge is 0.496 e. The maximum atomic E-state index is 12.1. The summed E-state index contributed by atoms with van der Waals surface area (Å²) in [5.41, 5.74) is 2.45. The monoisotopic (exact) mass is 417 g/mol. The summed E-state index contributed by atoms with van der Waals surface area (Å²) in [6, 6.07) is 9.01. The summed E-state index contributed by atoms with van der Waals surface area (Å²) >= 11 is 0. The van der Waals surface area contributed by atoms with Crippen molar-refractivity contribution in [1.29, 1.82) is 0 Å². The minimum Gasteiger partial charge on any atom is -0.496 e. The van der Waals surface area contributed by atoms with Gasteiger partial charge in [-0.05, 0) is 30.7 Å². The molecule has 0 aliphatic carbocycles. The van der Waals surface area contributed by atoms with Crippen molar-refractivity contribution in [1.82, 2.24) is 5.32 Å². The predicted molar refractivity (Wildman–Crippen MR) is 110 cm³/mol. The third-order valence-corrected chi connectivity index (χ3v) is 4.35. The highest BCUT2D eigenvalue weighted by atomic mass is 16.5. The average molecular weight is 417 g/mol. The van der Waals surface area contributed by atoms with Crippen molar-refractivity contribution in [3.63, 3.8) is 0 Å². The average Bonchev–Trinajstić information content (AvgIpc) is 2.75. The van der Waals surface area contributed by atoms with Crippen LogP contribution in [0.4, 0.5) is 0 Å². The van der Waals surface area contributed by atoms with Gasteiger partial charge in [0.05, 0.1) is 34.9 Å². The van der Waals surface area contributed by atoms with E-state index in [1.54, 1.807) is 18.2 Å². The summed E-state index contributed by atoms with van der Waals surface area (Å²) in [4.78, 5) is 24.2. The molecule has 0 heterocycles. The van der Waals surface area contributed by atoms with Crippen molar-refractivity contribution in [3.05, 3.63) is 47.0 Å². The van der Waals surface area contributed by atoms with Gasteiger partial charge in [-0.2, -0.15) is 0 Å². The Balaban J connectivity index is 1.90. The number of esters is 1. The lowest BCUT2D eigenvalue weighted by atomic mass is 10.1. The number of nitrogens with one attached hydrogen (secondary N) is 1. The second-order valence-corrected chi connectivity index (χ2v) is 6.46. The van der Waals surface area contributed by atoms with Gasteiger partial charge < -0.3 is 29.0 Å². The number of hydrogen-bond acceptors (Lipinski definition) is 7. The lowest BCUT2D eigenvalue weighted by molar-refractivity contribution is -0.147. The first-order valence-electron chi connectivity index (χ1n) is 9.26. The Morgan fingerprint density at radius 2 is 1.50 bits per heavy atom. The maximum Gasteiger partial charge on any atom is 0.310 e. The molecule has 0 fully saturated rings. The zero-order valence-corrected chi connectivity index (χ0v) is 17.9. The van der Waals surface area contributed by atoms with Gasteiger partial charge in [-0.3, -0.25) is 9.59 Å². The van der Waals surface area contributed by atoms with E-state index in [4.69, 9.17) is 23.7 Å². The second kappa shape index (κ2) is 10.9. The molecule has 2 aromatic carbocycles. The highest BCUT2D eigenvalue weighted by Crippen LogP contribution is 2.38. The van der Waals surface area contributed by atoms with E-state index >= 15 is 0 Å². The van der Waals surface area contributed by atoms with Crippen molar-refractivity contribution < 1.29 is 33.3 Å². The SMILES string of the molecule is COc1ccc(C)cc1CC(=O)OCC(=O)NCc1cc(OC)c(OC)c(OC)c1. The molecule has 8 heteroatoms. The van der Waals surface area contributed by atoms with Gasteiger partial charge in [-0.25, -0.2) is 0 Å². The fourth-order valence-corrected chi connectivity index (χ4v) is 2.89. The van der Waals surface area contributed by atoms with E-state index in [1.165, 1.54) is 28.4 Å². The number of rotatable bonds is 10. The van der Waals surface area contributed by atoms with Crippen molar-refractivity contribution in [2.75, 3.05) is 35.0 Å². The van der Waals surface area contributed by atoms with Crippen LogP contribution in [0.15, 0.2) is 30.3 Å². The summed E-state index contributed by atoms with van der Waals surface area (Å²) in [6.07, 6.45) is 0.0189. The summed E-state index contributed by atoms with van der Waals surface area (Å²) in [7, 11) is 6.09. The summed E-state index contributed by atoms with van der Waals surface area (Å²) in [6.45, 7) is 1.75. The number of aryl methyl sites for hydroxylation is 1. The highest BCUT2D eigenvalue weighted by molar-refractivity contribution is 5.81. The molecule has 2 rings (SSSR count). The minimum absolute atomic E-state index is 0.0189. The fourth-order valence-electron chi connectivity index (χ4n) is 2.89. The Morgan fingerprint density at radius 3 is 2.07 bits per heavy atom. The standard InChI is InChI=1S/C22H27NO7/c1-14-6-7-17(26-2)16(8-14)11-21(25)30-13-20(24)23-12-15-9-18(27-3)22(29-5)19(10-15)28-4/h6-10H,11-13H2,1-5H3,(H,23,24). The molecule has 0 bridgehead atoms. The quantitative estimate of drug-likeness (QED) is 0.594. The van der Waals surface area contributed by atoms with Crippen molar-refractivity contribution in [2.24, 2.45) is 0 Å². The van der Waals surface area contributed by atoms with Crippen LogP contribution in [0.2, 0.25) is 0 Å². The van der Waals surface area contributed by atoms with Gasteiger partial charge in [-0.1, -0.05) is 17.7 Å². The molecule has 8 nitrogen and oxygen atoms in total. The highest BCUT2D eigenvalue weighted by Gasteiger charge is 2.15. The van der Waals surface area contributed by atoms with E-state index in [0.29, 0.717) is 28.6 Å². The molecule has 0 aromatic heterocycles. The number of methoxy groups -OCH3 is 4. The van der Waals surface area contributed by atoms with Crippen molar-refractivity contribution in [2.45, 2.75) is 19.9 Å². The topological polar surface area (TPSA) is 92.3 Å². The molecule has 0 radical (unpaired) electrons. The first-order valence-corrected chi connectivity index (χ1v) is 9.26. The van der Waals surface area contributed by atoms with Crippen LogP contribution in [0.3, 0.4) is 0 Å². The summed E-state index contributed by atoms with van der Waals surface area (Å²) < 4.78 is 26.2. The van der Waals surface area contributed by atoms with Crippen molar-refractivity contribution >= 4 is 11.9 Å². The Kier molecular flexibility index (Phi) is 8.34. The third kappa shape index (κ3) is 6.04. The van der Waals surface area contributed by atoms with Gasteiger partial charge in [0.15, 0.2) is 18.1 Å². The zero-order chi connectivity index (χ0) is 22.1. The van der Waals surface area contributed by atoms with E-state index in [0.717, 1.165) is 11.1 Å². The zero-order valence-electron chi connectivity index (χ0n) is 17.9. The molecule has 2 aromatic rings. The van der Waals surface area contributed by atoms with Crippen LogP contribution >= 0.6 is 0 Å². The van der Waals surface area contributed by atoms with Crippen LogP contribution < -0.4 is 24.3 Å². The van der Waals surface area contributed by atoms with E-state index in [2.05, 4.69) is 5.32 Å². The lowest BCUT2D eigenvalue weighted by Crippen LogP contribution is -2.28.